The van der Waals surface area contributed by atoms with Gasteiger partial charge in [0, 0.05) is 30.0 Å². The van der Waals surface area contributed by atoms with Crippen LogP contribution in [0.4, 0.5) is 4.79 Å². The van der Waals surface area contributed by atoms with Gasteiger partial charge in [0.2, 0.25) is 11.8 Å². The van der Waals surface area contributed by atoms with Crippen LogP contribution < -0.4 is 15.5 Å². The minimum atomic E-state index is -1.23. The summed E-state index contributed by atoms with van der Waals surface area (Å²) >= 11 is 0. The lowest BCUT2D eigenvalue weighted by atomic mass is 9.81. The Morgan fingerprint density at radius 2 is 1.76 bits per heavy atom. The number of carbonyl (C=O) groups excluding carboxylic acids is 3. The Kier molecular flexibility index (Phi) is 10.2. The molecule has 4 amide bonds. The summed E-state index contributed by atoms with van der Waals surface area (Å²) in [5, 5.41) is 21.4. The number of carboxylic acid groups (broad SMARTS) is 1. The summed E-state index contributed by atoms with van der Waals surface area (Å²) < 4.78 is 5.93. The summed E-state index contributed by atoms with van der Waals surface area (Å²) in [7, 11) is 0. The number of likely N-dealkylation sites (tertiary alicyclic amines) is 1. The summed E-state index contributed by atoms with van der Waals surface area (Å²) in [6, 6.07) is 10.2. The monoisotopic (exact) mass is 583 g/mol. The van der Waals surface area contributed by atoms with E-state index in [0.29, 0.717) is 18.8 Å². The van der Waals surface area contributed by atoms with Gasteiger partial charge in [-0.25, -0.2) is 10.3 Å². The second kappa shape index (κ2) is 13.2. The first-order valence-corrected chi connectivity index (χ1v) is 13.9. The highest BCUT2D eigenvalue weighted by Gasteiger charge is 2.47. The molecule has 1 aromatic carbocycles. The molecule has 0 aliphatic carbocycles. The van der Waals surface area contributed by atoms with E-state index in [9.17, 15) is 29.5 Å². The molecule has 2 heterocycles. The fourth-order valence-corrected chi connectivity index (χ4v) is 5.17. The molecule has 1 fully saturated rings. The molecule has 228 valence electrons. The van der Waals surface area contributed by atoms with Gasteiger partial charge in [-0.05, 0) is 89.8 Å². The van der Waals surface area contributed by atoms with Crippen molar-refractivity contribution in [1.29, 1.82) is 0 Å². The Hall–Kier alpha value is -4.19. The van der Waals surface area contributed by atoms with Crippen molar-refractivity contribution in [1.82, 2.24) is 25.6 Å². The summed E-state index contributed by atoms with van der Waals surface area (Å²) in [6.45, 7) is 11.0. The van der Waals surface area contributed by atoms with Gasteiger partial charge in [-0.2, -0.15) is 0 Å². The minimum absolute atomic E-state index is 0.00240. The number of hydrogen-bond acceptors (Lipinski definition) is 7. The van der Waals surface area contributed by atoms with E-state index < -0.39 is 34.9 Å². The first kappa shape index (κ1) is 32.3. The molecule has 0 spiro atoms. The summed E-state index contributed by atoms with van der Waals surface area (Å²) in [5.41, 5.74) is 3.56. The van der Waals surface area contributed by atoms with E-state index >= 15 is 0 Å². The highest BCUT2D eigenvalue weighted by molar-refractivity contribution is 5.94. The number of nitrogens with zero attached hydrogens (tertiary/aromatic N) is 3. The Labute approximate surface area is 246 Å². The molecule has 3 rings (SSSR count). The fourth-order valence-electron chi connectivity index (χ4n) is 5.17. The van der Waals surface area contributed by atoms with E-state index in [0.717, 1.165) is 27.4 Å². The summed E-state index contributed by atoms with van der Waals surface area (Å²) in [5.74, 6) is -0.930. The standard InChI is InChI=1S/C30H41N5O7/c1-19-15-21(16-20(2)32-19)18-42-23-9-7-22(8-10-23)30(6)12-14-34(27(30)38)24(26(37)33-41)11-13-31-25(36)17-35(28(39)40)29(3,4)5/h7-10,15-16,24,41H,11-14,17-18H2,1-6H3,(H,31,36)(H,33,37)(H,39,40). The molecule has 2 unspecified atom stereocenters. The van der Waals surface area contributed by atoms with Crippen LogP contribution >= 0.6 is 0 Å². The van der Waals surface area contributed by atoms with E-state index in [1.54, 1.807) is 26.3 Å². The molecule has 12 nitrogen and oxygen atoms in total. The van der Waals surface area contributed by atoms with Crippen molar-refractivity contribution >= 4 is 23.8 Å². The maximum absolute atomic E-state index is 13.6. The largest absolute Gasteiger partial charge is 0.489 e. The van der Waals surface area contributed by atoms with Gasteiger partial charge in [-0.3, -0.25) is 29.5 Å². The van der Waals surface area contributed by atoms with Gasteiger partial charge in [-0.15, -0.1) is 0 Å². The van der Waals surface area contributed by atoms with Crippen molar-refractivity contribution in [3.05, 3.63) is 58.9 Å². The van der Waals surface area contributed by atoms with Crippen molar-refractivity contribution in [2.75, 3.05) is 19.6 Å². The number of hydroxylamine groups is 1. The molecule has 1 aliphatic rings. The van der Waals surface area contributed by atoms with Gasteiger partial charge in [0.1, 0.15) is 24.9 Å². The molecule has 0 radical (unpaired) electrons. The van der Waals surface area contributed by atoms with Gasteiger partial charge < -0.3 is 20.1 Å². The number of ether oxygens (including phenoxy) is 1. The lowest BCUT2D eigenvalue weighted by Gasteiger charge is -2.32. The SMILES string of the molecule is Cc1cc(COc2ccc(C3(C)CCN(C(CCNC(=O)CN(C(=O)O)C(C)(C)C)C(=O)NO)C3=O)cc2)cc(C)n1. The average Bonchev–Trinajstić information content (AvgIpc) is 3.21. The normalized spacial score (nSPS) is 17.5. The molecular formula is C30H41N5O7. The van der Waals surface area contributed by atoms with E-state index in [1.807, 2.05) is 57.2 Å². The Bertz CT molecular complexity index is 1290. The number of amides is 4. The molecule has 12 heteroatoms. The zero-order valence-corrected chi connectivity index (χ0v) is 25.1. The highest BCUT2D eigenvalue weighted by atomic mass is 16.5. The lowest BCUT2D eigenvalue weighted by Crippen LogP contribution is -2.52. The number of benzene rings is 1. The molecule has 1 saturated heterocycles. The molecule has 2 aromatic rings. The molecule has 42 heavy (non-hydrogen) atoms. The smallest absolute Gasteiger partial charge is 0.408 e. The van der Waals surface area contributed by atoms with E-state index in [1.165, 1.54) is 4.90 Å². The number of aryl methyl sites for hydroxylation is 2. The third kappa shape index (κ3) is 7.75. The molecular weight excluding hydrogens is 542 g/mol. The number of pyridine rings is 1. The third-order valence-electron chi connectivity index (χ3n) is 7.50. The van der Waals surface area contributed by atoms with Crippen LogP contribution in [0.25, 0.3) is 0 Å². The molecule has 0 saturated carbocycles. The van der Waals surface area contributed by atoms with E-state index in [4.69, 9.17) is 4.74 Å². The third-order valence-corrected chi connectivity index (χ3v) is 7.50. The van der Waals surface area contributed by atoms with Crippen molar-refractivity contribution in [2.24, 2.45) is 0 Å². The molecule has 2 atom stereocenters. The van der Waals surface area contributed by atoms with Gasteiger partial charge in [0.25, 0.3) is 5.91 Å². The van der Waals surface area contributed by atoms with Crippen LogP contribution in [0.15, 0.2) is 36.4 Å². The number of aromatic nitrogens is 1. The zero-order chi connectivity index (χ0) is 31.2. The van der Waals surface area contributed by atoms with Crippen LogP contribution in [0, 0.1) is 13.8 Å². The first-order valence-electron chi connectivity index (χ1n) is 13.9. The van der Waals surface area contributed by atoms with Crippen LogP contribution in [0.2, 0.25) is 0 Å². The van der Waals surface area contributed by atoms with Crippen molar-refractivity contribution in [2.45, 2.75) is 78.0 Å². The maximum atomic E-state index is 13.6. The van der Waals surface area contributed by atoms with Crippen molar-refractivity contribution < 1.29 is 34.2 Å². The Morgan fingerprint density at radius 1 is 1.14 bits per heavy atom. The minimum Gasteiger partial charge on any atom is -0.489 e. The summed E-state index contributed by atoms with van der Waals surface area (Å²) in [4.78, 5) is 57.0. The van der Waals surface area contributed by atoms with Crippen LogP contribution in [-0.4, -0.2) is 80.1 Å². The predicted molar refractivity (Wildman–Crippen MR) is 154 cm³/mol. The molecule has 0 bridgehead atoms. The van der Waals surface area contributed by atoms with Crippen molar-refractivity contribution in [3.8, 4) is 5.75 Å². The second-order valence-corrected chi connectivity index (χ2v) is 11.8. The molecule has 1 aromatic heterocycles. The Balaban J connectivity index is 1.63. The molecule has 4 N–H and O–H groups in total. The summed E-state index contributed by atoms with van der Waals surface area (Å²) in [6.07, 6.45) is -0.748. The number of hydrogen-bond donors (Lipinski definition) is 4. The second-order valence-electron chi connectivity index (χ2n) is 11.8. The van der Waals surface area contributed by atoms with Crippen LogP contribution in [0.5, 0.6) is 5.75 Å². The van der Waals surface area contributed by atoms with Gasteiger partial charge in [-0.1, -0.05) is 12.1 Å². The quantitative estimate of drug-likeness (QED) is 0.232. The zero-order valence-electron chi connectivity index (χ0n) is 25.1. The van der Waals surface area contributed by atoms with Crippen molar-refractivity contribution in [3.63, 3.8) is 0 Å². The predicted octanol–water partition coefficient (Wildman–Crippen LogP) is 2.93. The highest BCUT2D eigenvalue weighted by Crippen LogP contribution is 2.37. The van der Waals surface area contributed by atoms with Gasteiger partial charge >= 0.3 is 6.09 Å². The van der Waals surface area contributed by atoms with Gasteiger partial charge in [0.05, 0.1) is 5.41 Å². The Morgan fingerprint density at radius 3 is 2.31 bits per heavy atom. The number of rotatable bonds is 11. The van der Waals surface area contributed by atoms with E-state index in [-0.39, 0.29) is 32.0 Å². The lowest BCUT2D eigenvalue weighted by molar-refractivity contribution is -0.144. The topological polar surface area (TPSA) is 161 Å². The maximum Gasteiger partial charge on any atom is 0.408 e. The van der Waals surface area contributed by atoms with Crippen LogP contribution in [0.1, 0.15) is 63.1 Å². The van der Waals surface area contributed by atoms with Crippen LogP contribution in [0.3, 0.4) is 0 Å². The van der Waals surface area contributed by atoms with E-state index in [2.05, 4.69) is 10.3 Å². The first-order chi connectivity index (χ1) is 19.6. The fraction of sp³-hybridized carbons (Fsp3) is 0.500. The molecule has 1 aliphatic heterocycles. The number of carbonyl (C=O) groups is 4. The van der Waals surface area contributed by atoms with Gasteiger partial charge in [0.15, 0.2) is 0 Å². The average molecular weight is 584 g/mol. The number of nitrogens with one attached hydrogen (secondary N) is 2. The van der Waals surface area contributed by atoms with Crippen LogP contribution in [-0.2, 0) is 26.4 Å².